The van der Waals surface area contributed by atoms with E-state index in [1.165, 1.54) is 4.88 Å². The molecule has 1 aromatic heterocycles. The largest absolute Gasteiger partial charge is 0.390 e. The lowest BCUT2D eigenvalue weighted by molar-refractivity contribution is 0.0705. The van der Waals surface area contributed by atoms with E-state index in [2.05, 4.69) is 17.2 Å². The molecule has 0 aliphatic rings. The molecule has 0 spiro atoms. The number of hydrogen-bond acceptors (Lipinski definition) is 4. The number of aryl methyl sites for hydroxylation is 2. The number of aliphatic hydroxyl groups is 1. The van der Waals surface area contributed by atoms with Crippen molar-refractivity contribution >= 4 is 11.3 Å². The van der Waals surface area contributed by atoms with Crippen LogP contribution in [0.25, 0.3) is 0 Å². The summed E-state index contributed by atoms with van der Waals surface area (Å²) in [5.74, 6) is 0. The van der Waals surface area contributed by atoms with Crippen molar-refractivity contribution in [1.29, 1.82) is 0 Å². The van der Waals surface area contributed by atoms with Gasteiger partial charge >= 0.3 is 0 Å². The summed E-state index contributed by atoms with van der Waals surface area (Å²) < 4.78 is 0. The molecule has 1 rings (SSSR count). The van der Waals surface area contributed by atoms with Gasteiger partial charge in [-0.15, -0.1) is 11.3 Å². The van der Waals surface area contributed by atoms with Crippen molar-refractivity contribution in [2.75, 3.05) is 6.54 Å². The first-order chi connectivity index (χ1) is 7.29. The highest BCUT2D eigenvalue weighted by molar-refractivity contribution is 7.11. The van der Waals surface area contributed by atoms with E-state index in [9.17, 15) is 5.11 Å². The third kappa shape index (κ3) is 4.20. The van der Waals surface area contributed by atoms with E-state index in [0.29, 0.717) is 6.04 Å². The van der Waals surface area contributed by atoms with Crippen molar-refractivity contribution in [3.05, 3.63) is 15.6 Å². The number of rotatable bonds is 5. The van der Waals surface area contributed by atoms with Crippen molar-refractivity contribution in [3.63, 3.8) is 0 Å². The van der Waals surface area contributed by atoms with Crippen LogP contribution in [0.15, 0.2) is 0 Å². The van der Waals surface area contributed by atoms with Crippen molar-refractivity contribution in [1.82, 2.24) is 10.3 Å². The van der Waals surface area contributed by atoms with Gasteiger partial charge in [0.2, 0.25) is 0 Å². The fourth-order valence-corrected chi connectivity index (χ4v) is 2.59. The van der Waals surface area contributed by atoms with Gasteiger partial charge in [0.15, 0.2) is 0 Å². The van der Waals surface area contributed by atoms with Crippen LogP contribution < -0.4 is 5.32 Å². The molecule has 1 heterocycles. The summed E-state index contributed by atoms with van der Waals surface area (Å²) in [4.78, 5) is 5.72. The number of thiazole rings is 1. The fraction of sp³-hybridized carbons (Fsp3) is 0.750. The fourth-order valence-electron chi connectivity index (χ4n) is 1.64. The van der Waals surface area contributed by atoms with E-state index in [4.69, 9.17) is 0 Å². The molecule has 1 unspecified atom stereocenters. The zero-order valence-corrected chi connectivity index (χ0v) is 11.6. The molecule has 0 amide bonds. The van der Waals surface area contributed by atoms with Crippen LogP contribution in [-0.2, 0) is 0 Å². The lowest BCUT2D eigenvalue weighted by Crippen LogP contribution is -2.28. The normalized spacial score (nSPS) is 14.1. The van der Waals surface area contributed by atoms with E-state index >= 15 is 0 Å². The van der Waals surface area contributed by atoms with Gasteiger partial charge in [0.25, 0.3) is 0 Å². The quantitative estimate of drug-likeness (QED) is 0.834. The maximum Gasteiger partial charge on any atom is 0.0900 e. The van der Waals surface area contributed by atoms with Gasteiger partial charge in [0, 0.05) is 10.9 Å². The zero-order chi connectivity index (χ0) is 12.3. The summed E-state index contributed by atoms with van der Waals surface area (Å²) in [6.45, 7) is 10.7. The topological polar surface area (TPSA) is 45.2 Å². The summed E-state index contributed by atoms with van der Waals surface area (Å²) in [6.07, 6.45) is 0.758. The summed E-state index contributed by atoms with van der Waals surface area (Å²) in [6, 6.07) is 0.313. The lowest BCUT2D eigenvalue weighted by atomic mass is 10.1. The SMILES string of the molecule is Cc1nc(C)c(C(C)NCCC(C)(C)O)s1. The molecule has 1 atom stereocenters. The smallest absolute Gasteiger partial charge is 0.0900 e. The number of nitrogens with one attached hydrogen (secondary N) is 1. The molecule has 3 nitrogen and oxygen atoms in total. The molecule has 1 aromatic rings. The molecule has 0 aliphatic heterocycles. The van der Waals surface area contributed by atoms with Crippen LogP contribution in [0.1, 0.15) is 48.8 Å². The Morgan fingerprint density at radius 3 is 2.50 bits per heavy atom. The third-order valence-corrected chi connectivity index (χ3v) is 3.78. The highest BCUT2D eigenvalue weighted by atomic mass is 32.1. The van der Waals surface area contributed by atoms with Crippen LogP contribution in [0.5, 0.6) is 0 Å². The lowest BCUT2D eigenvalue weighted by Gasteiger charge is -2.19. The van der Waals surface area contributed by atoms with Gasteiger partial charge in [-0.05, 0) is 47.6 Å². The average Bonchev–Trinajstić information content (AvgIpc) is 2.43. The van der Waals surface area contributed by atoms with Crippen LogP contribution >= 0.6 is 11.3 Å². The Balaban J connectivity index is 2.47. The van der Waals surface area contributed by atoms with Gasteiger partial charge in [0.1, 0.15) is 0 Å². The van der Waals surface area contributed by atoms with Crippen LogP contribution in [0.4, 0.5) is 0 Å². The van der Waals surface area contributed by atoms with Gasteiger partial charge in [-0.25, -0.2) is 4.98 Å². The molecular formula is C12H22N2OS. The van der Waals surface area contributed by atoms with E-state index in [-0.39, 0.29) is 0 Å². The Kier molecular flexibility index (Phi) is 4.47. The summed E-state index contributed by atoms with van der Waals surface area (Å²) in [7, 11) is 0. The summed E-state index contributed by atoms with van der Waals surface area (Å²) in [5.41, 5.74) is 0.525. The molecule has 16 heavy (non-hydrogen) atoms. The number of nitrogens with zero attached hydrogens (tertiary/aromatic N) is 1. The van der Waals surface area contributed by atoms with Crippen molar-refractivity contribution in [3.8, 4) is 0 Å². The monoisotopic (exact) mass is 242 g/mol. The molecule has 0 saturated heterocycles. The molecule has 4 heteroatoms. The van der Waals surface area contributed by atoms with E-state index in [0.717, 1.165) is 23.7 Å². The molecule has 0 saturated carbocycles. The maximum absolute atomic E-state index is 9.61. The Bertz CT molecular complexity index is 341. The van der Waals surface area contributed by atoms with Gasteiger partial charge in [-0.2, -0.15) is 0 Å². The summed E-state index contributed by atoms with van der Waals surface area (Å²) >= 11 is 1.74. The molecule has 0 fully saturated rings. The Labute approximate surface area is 102 Å². The molecule has 0 radical (unpaired) electrons. The van der Waals surface area contributed by atoms with E-state index < -0.39 is 5.60 Å². The second-order valence-corrected chi connectivity index (χ2v) is 6.16. The Morgan fingerprint density at radius 2 is 2.06 bits per heavy atom. The minimum absolute atomic E-state index is 0.313. The van der Waals surface area contributed by atoms with Crippen LogP contribution in [-0.4, -0.2) is 22.2 Å². The van der Waals surface area contributed by atoms with Gasteiger partial charge in [-0.1, -0.05) is 0 Å². The first kappa shape index (κ1) is 13.6. The Morgan fingerprint density at radius 1 is 1.44 bits per heavy atom. The minimum Gasteiger partial charge on any atom is -0.390 e. The molecular weight excluding hydrogens is 220 g/mol. The predicted octanol–water partition coefficient (Wildman–Crippen LogP) is 2.57. The molecule has 92 valence electrons. The first-order valence-corrected chi connectivity index (χ1v) is 6.51. The summed E-state index contributed by atoms with van der Waals surface area (Å²) in [5, 5.41) is 14.1. The minimum atomic E-state index is -0.592. The molecule has 0 aromatic carbocycles. The Hall–Kier alpha value is -0.450. The van der Waals surface area contributed by atoms with Crippen molar-refractivity contribution in [2.24, 2.45) is 0 Å². The van der Waals surface area contributed by atoms with Gasteiger partial charge in [0.05, 0.1) is 16.3 Å². The molecule has 2 N–H and O–H groups in total. The third-order valence-electron chi connectivity index (χ3n) is 2.52. The standard InChI is InChI=1S/C12H22N2OS/c1-8(13-7-6-12(4,5)15)11-9(2)14-10(3)16-11/h8,13,15H,6-7H2,1-5H3. The van der Waals surface area contributed by atoms with Crippen LogP contribution in [0.3, 0.4) is 0 Å². The van der Waals surface area contributed by atoms with Crippen LogP contribution in [0.2, 0.25) is 0 Å². The highest BCUT2D eigenvalue weighted by Gasteiger charge is 2.15. The van der Waals surface area contributed by atoms with Crippen molar-refractivity contribution in [2.45, 2.75) is 52.7 Å². The van der Waals surface area contributed by atoms with Gasteiger partial charge in [-0.3, -0.25) is 0 Å². The number of aromatic nitrogens is 1. The van der Waals surface area contributed by atoms with Crippen LogP contribution in [0, 0.1) is 13.8 Å². The highest BCUT2D eigenvalue weighted by Crippen LogP contribution is 2.24. The zero-order valence-electron chi connectivity index (χ0n) is 10.8. The molecule has 0 aliphatic carbocycles. The van der Waals surface area contributed by atoms with E-state index in [1.54, 1.807) is 11.3 Å². The predicted molar refractivity (Wildman–Crippen MR) is 68.9 cm³/mol. The number of hydrogen-bond donors (Lipinski definition) is 2. The van der Waals surface area contributed by atoms with E-state index in [1.807, 2.05) is 27.7 Å². The second kappa shape index (κ2) is 5.25. The van der Waals surface area contributed by atoms with Gasteiger partial charge < -0.3 is 10.4 Å². The molecule has 0 bridgehead atoms. The maximum atomic E-state index is 9.61. The second-order valence-electron chi connectivity index (χ2n) is 4.92. The first-order valence-electron chi connectivity index (χ1n) is 5.69. The average molecular weight is 242 g/mol. The van der Waals surface area contributed by atoms with Crippen molar-refractivity contribution < 1.29 is 5.11 Å².